The van der Waals surface area contributed by atoms with Gasteiger partial charge in [0, 0.05) is 61.6 Å². The van der Waals surface area contributed by atoms with Crippen molar-refractivity contribution in [2.45, 2.75) is 65.7 Å². The first kappa shape index (κ1) is 23.7. The van der Waals surface area contributed by atoms with Gasteiger partial charge in [-0.1, -0.05) is 39.8 Å². The Bertz CT molecular complexity index is 959. The Balaban J connectivity index is 1.92. The van der Waals surface area contributed by atoms with E-state index in [9.17, 15) is 9.59 Å². The molecule has 0 saturated carbocycles. The highest BCUT2D eigenvalue weighted by molar-refractivity contribution is 6.06. The summed E-state index contributed by atoms with van der Waals surface area (Å²) in [5, 5.41) is 0. The van der Waals surface area contributed by atoms with Gasteiger partial charge in [0.05, 0.1) is 7.11 Å². The summed E-state index contributed by atoms with van der Waals surface area (Å²) in [6, 6.07) is 7.88. The van der Waals surface area contributed by atoms with Crippen LogP contribution in [0.4, 0.5) is 0 Å². The number of Topliss-reactive ketones (excluding diaryl/α,β-unsaturated/α-hetero) is 2. The van der Waals surface area contributed by atoms with E-state index in [1.54, 1.807) is 14.2 Å². The first-order valence-electron chi connectivity index (χ1n) is 12.0. The lowest BCUT2D eigenvalue weighted by molar-refractivity contribution is -0.119. The maximum atomic E-state index is 13.7. The molecule has 178 valence electrons. The van der Waals surface area contributed by atoms with Crippen molar-refractivity contribution in [1.82, 2.24) is 4.90 Å². The van der Waals surface area contributed by atoms with Gasteiger partial charge in [0.2, 0.25) is 0 Å². The quantitative estimate of drug-likeness (QED) is 0.541. The highest BCUT2D eigenvalue weighted by Gasteiger charge is 2.48. The van der Waals surface area contributed by atoms with Crippen LogP contribution in [0.5, 0.6) is 5.75 Å². The lowest BCUT2D eigenvalue weighted by Gasteiger charge is -2.49. The van der Waals surface area contributed by atoms with Crippen LogP contribution in [0.2, 0.25) is 0 Å². The van der Waals surface area contributed by atoms with E-state index in [4.69, 9.17) is 9.47 Å². The predicted octanol–water partition coefficient (Wildman–Crippen LogP) is 5.42. The molecule has 1 aromatic carbocycles. The van der Waals surface area contributed by atoms with E-state index in [0.717, 1.165) is 59.7 Å². The molecule has 0 saturated heterocycles. The monoisotopic (exact) mass is 451 g/mol. The summed E-state index contributed by atoms with van der Waals surface area (Å²) in [4.78, 5) is 29.7. The zero-order chi connectivity index (χ0) is 24.0. The summed E-state index contributed by atoms with van der Waals surface area (Å²) < 4.78 is 10.7. The van der Waals surface area contributed by atoms with Crippen LogP contribution in [0.15, 0.2) is 46.8 Å². The van der Waals surface area contributed by atoms with E-state index in [1.807, 2.05) is 24.3 Å². The lowest BCUT2D eigenvalue weighted by atomic mass is 9.63. The van der Waals surface area contributed by atoms with Gasteiger partial charge in [0.25, 0.3) is 0 Å². The second kappa shape index (κ2) is 8.75. The minimum atomic E-state index is -0.299. The van der Waals surface area contributed by atoms with Gasteiger partial charge in [-0.3, -0.25) is 9.59 Å². The Hall–Kier alpha value is -2.40. The number of allylic oxidation sites excluding steroid dienone is 4. The van der Waals surface area contributed by atoms with Gasteiger partial charge in [-0.05, 0) is 47.8 Å². The molecule has 0 aromatic heterocycles. The van der Waals surface area contributed by atoms with Crippen LogP contribution in [-0.2, 0) is 14.3 Å². The van der Waals surface area contributed by atoms with E-state index in [0.29, 0.717) is 19.4 Å². The summed E-state index contributed by atoms with van der Waals surface area (Å²) in [5.74, 6) is 0.809. The summed E-state index contributed by atoms with van der Waals surface area (Å²) in [5.41, 5.74) is 4.65. The summed E-state index contributed by atoms with van der Waals surface area (Å²) in [6.45, 7) is 10.1. The summed E-state index contributed by atoms with van der Waals surface area (Å²) in [6.07, 6.45) is 3.53. The molecule has 0 amide bonds. The van der Waals surface area contributed by atoms with Crippen LogP contribution in [0.1, 0.15) is 71.3 Å². The van der Waals surface area contributed by atoms with Gasteiger partial charge >= 0.3 is 0 Å². The number of carbonyl (C=O) groups is 2. The molecular weight excluding hydrogens is 414 g/mol. The molecule has 4 rings (SSSR count). The normalized spacial score (nSPS) is 22.4. The van der Waals surface area contributed by atoms with E-state index in [1.165, 1.54) is 0 Å². The number of ketones is 2. The maximum Gasteiger partial charge on any atom is 0.162 e. The molecule has 1 aliphatic heterocycles. The third-order valence-electron chi connectivity index (χ3n) is 7.20. The molecule has 0 N–H and O–H groups in total. The molecule has 0 bridgehead atoms. The molecule has 1 heterocycles. The minimum Gasteiger partial charge on any atom is -0.497 e. The number of hydrogen-bond donors (Lipinski definition) is 0. The van der Waals surface area contributed by atoms with Crippen molar-refractivity contribution in [2.24, 2.45) is 10.8 Å². The van der Waals surface area contributed by atoms with Gasteiger partial charge < -0.3 is 14.4 Å². The Morgan fingerprint density at radius 2 is 1.36 bits per heavy atom. The average Bonchev–Trinajstić information content (AvgIpc) is 2.72. The Kier molecular flexibility index (Phi) is 6.30. The molecule has 33 heavy (non-hydrogen) atoms. The summed E-state index contributed by atoms with van der Waals surface area (Å²) >= 11 is 0. The third-order valence-corrected chi connectivity index (χ3v) is 7.20. The van der Waals surface area contributed by atoms with Crippen LogP contribution >= 0.6 is 0 Å². The minimum absolute atomic E-state index is 0.105. The standard InChI is InChI=1S/C28H37NO4/c1-27(2)14-20-25(22(30)16-27)24(18-8-10-19(33-6)11-9-18)26-21(29(20)12-7-13-32-5)15-28(3,4)17-23(26)31/h8-11,24H,7,12-17H2,1-6H3. The van der Waals surface area contributed by atoms with Crippen molar-refractivity contribution in [1.29, 1.82) is 0 Å². The lowest BCUT2D eigenvalue weighted by Crippen LogP contribution is -2.44. The zero-order valence-corrected chi connectivity index (χ0v) is 20.9. The predicted molar refractivity (Wildman–Crippen MR) is 129 cm³/mol. The maximum absolute atomic E-state index is 13.7. The van der Waals surface area contributed by atoms with Gasteiger partial charge in [-0.25, -0.2) is 0 Å². The van der Waals surface area contributed by atoms with Crippen LogP contribution in [0.3, 0.4) is 0 Å². The number of benzene rings is 1. The molecule has 5 nitrogen and oxygen atoms in total. The highest BCUT2D eigenvalue weighted by atomic mass is 16.5. The molecule has 0 radical (unpaired) electrons. The Labute approximate surface area is 197 Å². The second-order valence-corrected chi connectivity index (χ2v) is 11.3. The number of rotatable bonds is 6. The number of methoxy groups -OCH3 is 2. The van der Waals surface area contributed by atoms with E-state index in [-0.39, 0.29) is 28.3 Å². The largest absolute Gasteiger partial charge is 0.497 e. The highest BCUT2D eigenvalue weighted by Crippen LogP contribution is 2.54. The molecular formula is C28H37NO4. The second-order valence-electron chi connectivity index (χ2n) is 11.3. The van der Waals surface area contributed by atoms with E-state index < -0.39 is 0 Å². The van der Waals surface area contributed by atoms with Gasteiger partial charge in [0.15, 0.2) is 11.6 Å². The van der Waals surface area contributed by atoms with Crippen LogP contribution in [0.25, 0.3) is 0 Å². The fourth-order valence-electron chi connectivity index (χ4n) is 5.81. The van der Waals surface area contributed by atoms with Crippen molar-refractivity contribution in [2.75, 3.05) is 27.4 Å². The van der Waals surface area contributed by atoms with Crippen molar-refractivity contribution in [3.05, 3.63) is 52.4 Å². The number of ether oxygens (including phenoxy) is 2. The molecule has 3 aliphatic rings. The van der Waals surface area contributed by atoms with E-state index in [2.05, 4.69) is 32.6 Å². The molecule has 0 spiro atoms. The van der Waals surface area contributed by atoms with Crippen LogP contribution in [0, 0.1) is 10.8 Å². The topological polar surface area (TPSA) is 55.8 Å². The van der Waals surface area contributed by atoms with Crippen molar-refractivity contribution in [3.63, 3.8) is 0 Å². The zero-order valence-electron chi connectivity index (χ0n) is 20.9. The van der Waals surface area contributed by atoms with Crippen LogP contribution in [-0.4, -0.2) is 43.8 Å². The van der Waals surface area contributed by atoms with Gasteiger partial charge in [0.1, 0.15) is 5.75 Å². The first-order chi connectivity index (χ1) is 15.6. The molecule has 2 aliphatic carbocycles. The summed E-state index contributed by atoms with van der Waals surface area (Å²) in [7, 11) is 3.36. The fraction of sp³-hybridized carbons (Fsp3) is 0.571. The Morgan fingerprint density at radius 3 is 1.82 bits per heavy atom. The molecule has 0 fully saturated rings. The first-order valence-corrected chi connectivity index (χ1v) is 12.0. The number of carbonyl (C=O) groups excluding carboxylic acids is 2. The molecule has 0 atom stereocenters. The fourth-order valence-corrected chi connectivity index (χ4v) is 5.81. The van der Waals surface area contributed by atoms with Crippen molar-refractivity contribution in [3.8, 4) is 5.75 Å². The SMILES string of the molecule is COCCCN1C2=C(C(=O)CC(C)(C)C2)C(c2ccc(OC)cc2)C2=C1CC(C)(C)CC2=O. The van der Waals surface area contributed by atoms with Crippen molar-refractivity contribution < 1.29 is 19.1 Å². The Morgan fingerprint density at radius 1 is 0.848 bits per heavy atom. The number of nitrogens with zero attached hydrogens (tertiary/aromatic N) is 1. The molecule has 1 aromatic rings. The number of hydrogen-bond acceptors (Lipinski definition) is 5. The van der Waals surface area contributed by atoms with Crippen LogP contribution < -0.4 is 4.74 Å². The molecule has 5 heteroatoms. The van der Waals surface area contributed by atoms with E-state index >= 15 is 0 Å². The van der Waals surface area contributed by atoms with Crippen molar-refractivity contribution >= 4 is 11.6 Å². The average molecular weight is 452 g/mol. The smallest absolute Gasteiger partial charge is 0.162 e. The third kappa shape index (κ3) is 4.52. The molecule has 0 unspecified atom stereocenters. The van der Waals surface area contributed by atoms with Gasteiger partial charge in [-0.15, -0.1) is 0 Å². The van der Waals surface area contributed by atoms with Gasteiger partial charge in [-0.2, -0.15) is 0 Å².